The van der Waals surface area contributed by atoms with Gasteiger partial charge in [0.15, 0.2) is 11.5 Å². The first-order valence-electron chi connectivity index (χ1n) is 7.70. The number of nitrogens with one attached hydrogen (secondary N) is 1. The number of anilines is 1. The first kappa shape index (κ1) is 16.6. The van der Waals surface area contributed by atoms with E-state index in [9.17, 15) is 14.9 Å². The average molecular weight is 343 g/mol. The van der Waals surface area contributed by atoms with Crippen LogP contribution in [0.2, 0.25) is 0 Å². The normalized spacial score (nSPS) is 13.8. The number of ether oxygens (including phenoxy) is 2. The van der Waals surface area contributed by atoms with E-state index in [1.165, 1.54) is 18.2 Å². The van der Waals surface area contributed by atoms with Gasteiger partial charge in [0.05, 0.1) is 11.0 Å². The molecule has 25 heavy (non-hydrogen) atoms. The molecule has 0 saturated heterocycles. The van der Waals surface area contributed by atoms with Crippen molar-refractivity contribution < 1.29 is 19.2 Å². The number of hydrogen-bond donors (Lipinski definition) is 2. The van der Waals surface area contributed by atoms with E-state index in [1.807, 2.05) is 19.1 Å². The van der Waals surface area contributed by atoms with E-state index < -0.39 is 10.8 Å². The van der Waals surface area contributed by atoms with Gasteiger partial charge in [0.25, 0.3) is 11.6 Å². The molecule has 2 aromatic carbocycles. The number of hydrogen-bond acceptors (Lipinski definition) is 6. The largest absolute Gasteiger partial charge is 0.486 e. The molecule has 130 valence electrons. The smallest absolute Gasteiger partial charge is 0.292 e. The minimum Gasteiger partial charge on any atom is -0.486 e. The first-order valence-corrected chi connectivity index (χ1v) is 7.70. The Labute approximate surface area is 143 Å². The van der Waals surface area contributed by atoms with Crippen LogP contribution in [0.5, 0.6) is 11.5 Å². The van der Waals surface area contributed by atoms with Gasteiger partial charge in [0.1, 0.15) is 18.9 Å². The maximum Gasteiger partial charge on any atom is 0.292 e. The van der Waals surface area contributed by atoms with Gasteiger partial charge in [-0.15, -0.1) is 0 Å². The molecule has 1 heterocycles. The number of carbonyl (C=O) groups is 1. The van der Waals surface area contributed by atoms with Crippen molar-refractivity contribution in [2.24, 2.45) is 0 Å². The fraction of sp³-hybridized carbons (Fsp3) is 0.235. The van der Waals surface area contributed by atoms with E-state index in [2.05, 4.69) is 5.32 Å². The van der Waals surface area contributed by atoms with Gasteiger partial charge in [-0.25, -0.2) is 0 Å². The average Bonchev–Trinajstić information content (AvgIpc) is 2.61. The van der Waals surface area contributed by atoms with Crippen LogP contribution in [0.3, 0.4) is 0 Å². The van der Waals surface area contributed by atoms with Gasteiger partial charge in [-0.05, 0) is 36.8 Å². The summed E-state index contributed by atoms with van der Waals surface area (Å²) in [4.78, 5) is 22.7. The van der Waals surface area contributed by atoms with E-state index >= 15 is 0 Å². The van der Waals surface area contributed by atoms with Crippen molar-refractivity contribution in [3.63, 3.8) is 0 Å². The number of nitro benzene ring substituents is 1. The van der Waals surface area contributed by atoms with Crippen molar-refractivity contribution in [2.75, 3.05) is 18.9 Å². The number of carbonyl (C=O) groups excluding carboxylic acids is 1. The lowest BCUT2D eigenvalue weighted by atomic mass is 10.1. The van der Waals surface area contributed by atoms with Crippen LogP contribution < -0.4 is 20.5 Å². The molecule has 3 N–H and O–H groups in total. The second-order valence-corrected chi connectivity index (χ2v) is 5.63. The van der Waals surface area contributed by atoms with E-state index in [1.54, 1.807) is 6.07 Å². The lowest BCUT2D eigenvalue weighted by molar-refractivity contribution is -0.383. The third kappa shape index (κ3) is 3.47. The summed E-state index contributed by atoms with van der Waals surface area (Å²) in [6, 6.07) is 9.09. The molecule has 3 rings (SSSR count). The maximum atomic E-state index is 12.4. The molecular formula is C17H17N3O5. The number of nitrogen functional groups attached to an aromatic ring is 1. The number of nitrogens with two attached hydrogens (primary N) is 1. The van der Waals surface area contributed by atoms with Crippen LogP contribution in [0.25, 0.3) is 0 Å². The Bertz CT molecular complexity index is 837. The van der Waals surface area contributed by atoms with E-state index in [0.29, 0.717) is 24.7 Å². The molecule has 0 spiro atoms. The van der Waals surface area contributed by atoms with Gasteiger partial charge < -0.3 is 20.5 Å². The number of amides is 1. The van der Waals surface area contributed by atoms with Crippen molar-refractivity contribution in [3.05, 3.63) is 57.6 Å². The molecule has 1 amide bonds. The highest BCUT2D eigenvalue weighted by Crippen LogP contribution is 2.32. The molecule has 0 fully saturated rings. The van der Waals surface area contributed by atoms with Crippen LogP contribution in [-0.4, -0.2) is 24.0 Å². The summed E-state index contributed by atoms with van der Waals surface area (Å²) < 4.78 is 11.0. The summed E-state index contributed by atoms with van der Waals surface area (Å²) >= 11 is 0. The predicted octanol–water partition coefficient (Wildman–Crippen LogP) is 2.44. The Balaban J connectivity index is 1.76. The number of fused-ring (bicyclic) bond motifs is 1. The monoisotopic (exact) mass is 343 g/mol. The summed E-state index contributed by atoms with van der Waals surface area (Å²) in [5, 5.41) is 13.8. The summed E-state index contributed by atoms with van der Waals surface area (Å²) in [6.07, 6.45) is 0. The fourth-order valence-electron chi connectivity index (χ4n) is 2.54. The van der Waals surface area contributed by atoms with Crippen LogP contribution in [0.15, 0.2) is 36.4 Å². The Morgan fingerprint density at radius 2 is 1.92 bits per heavy atom. The Morgan fingerprint density at radius 3 is 2.64 bits per heavy atom. The molecule has 8 nitrogen and oxygen atoms in total. The van der Waals surface area contributed by atoms with Gasteiger partial charge in [-0.1, -0.05) is 6.07 Å². The Morgan fingerprint density at radius 1 is 1.20 bits per heavy atom. The number of benzene rings is 2. The summed E-state index contributed by atoms with van der Waals surface area (Å²) in [7, 11) is 0. The lowest BCUT2D eigenvalue weighted by Gasteiger charge is -2.21. The molecule has 2 aromatic rings. The third-order valence-electron chi connectivity index (χ3n) is 3.90. The van der Waals surface area contributed by atoms with Crippen molar-refractivity contribution in [3.8, 4) is 11.5 Å². The zero-order valence-corrected chi connectivity index (χ0v) is 13.5. The topological polar surface area (TPSA) is 117 Å². The minimum absolute atomic E-state index is 0.0152. The van der Waals surface area contributed by atoms with Crippen LogP contribution in [0.4, 0.5) is 11.4 Å². The van der Waals surface area contributed by atoms with Crippen LogP contribution in [-0.2, 0) is 0 Å². The minimum atomic E-state index is -0.615. The summed E-state index contributed by atoms with van der Waals surface area (Å²) in [5.74, 6) is 0.876. The van der Waals surface area contributed by atoms with Crippen molar-refractivity contribution in [2.45, 2.75) is 13.0 Å². The van der Waals surface area contributed by atoms with E-state index in [-0.39, 0.29) is 23.0 Å². The number of nitrogens with zero attached hydrogens (tertiary/aromatic N) is 1. The lowest BCUT2D eigenvalue weighted by Crippen LogP contribution is -2.27. The van der Waals surface area contributed by atoms with Crippen LogP contribution in [0, 0.1) is 10.1 Å². The molecule has 0 saturated carbocycles. The van der Waals surface area contributed by atoms with E-state index in [4.69, 9.17) is 15.2 Å². The SMILES string of the molecule is C[C@@H](NC(=O)c1ccc(N)c([N+](=O)[O-])c1)c1ccc2c(c1)OCCO2. The molecule has 0 bridgehead atoms. The number of nitro groups is 1. The zero-order chi connectivity index (χ0) is 18.0. The quantitative estimate of drug-likeness (QED) is 0.500. The van der Waals surface area contributed by atoms with Gasteiger partial charge >= 0.3 is 0 Å². The molecule has 0 unspecified atom stereocenters. The van der Waals surface area contributed by atoms with Crippen LogP contribution in [0.1, 0.15) is 28.9 Å². The highest BCUT2D eigenvalue weighted by atomic mass is 16.6. The molecule has 1 aliphatic heterocycles. The highest BCUT2D eigenvalue weighted by molar-refractivity contribution is 5.95. The molecular weight excluding hydrogens is 326 g/mol. The fourth-order valence-corrected chi connectivity index (χ4v) is 2.54. The predicted molar refractivity (Wildman–Crippen MR) is 90.8 cm³/mol. The maximum absolute atomic E-state index is 12.4. The van der Waals surface area contributed by atoms with Crippen LogP contribution >= 0.6 is 0 Å². The zero-order valence-electron chi connectivity index (χ0n) is 13.5. The van der Waals surface area contributed by atoms with E-state index in [0.717, 1.165) is 5.56 Å². The van der Waals surface area contributed by atoms with Gasteiger partial charge in [0.2, 0.25) is 0 Å². The van der Waals surface area contributed by atoms with Gasteiger partial charge in [0, 0.05) is 11.6 Å². The molecule has 0 aromatic heterocycles. The van der Waals surface area contributed by atoms with Gasteiger partial charge in [-0.2, -0.15) is 0 Å². The molecule has 8 heteroatoms. The molecule has 1 atom stereocenters. The molecule has 0 radical (unpaired) electrons. The standard InChI is InChI=1S/C17H17N3O5/c1-10(11-3-5-15-16(9-11)25-7-6-24-15)19-17(21)12-2-4-13(18)14(8-12)20(22)23/h2-5,8-10H,6-7,18H2,1H3,(H,19,21)/t10-/m1/s1. The summed E-state index contributed by atoms with van der Waals surface area (Å²) in [5.41, 5.74) is 6.28. The van der Waals surface area contributed by atoms with Gasteiger partial charge in [-0.3, -0.25) is 14.9 Å². The third-order valence-corrected chi connectivity index (χ3v) is 3.90. The second-order valence-electron chi connectivity index (χ2n) is 5.63. The molecule has 1 aliphatic rings. The Kier molecular flexibility index (Phi) is 4.42. The van der Waals surface area contributed by atoms with Crippen molar-refractivity contribution >= 4 is 17.3 Å². The molecule has 0 aliphatic carbocycles. The highest BCUT2D eigenvalue weighted by Gasteiger charge is 2.19. The van der Waals surface area contributed by atoms with Crippen molar-refractivity contribution in [1.29, 1.82) is 0 Å². The first-order chi connectivity index (χ1) is 12.0. The second kappa shape index (κ2) is 6.68. The van der Waals surface area contributed by atoms with Crippen molar-refractivity contribution in [1.82, 2.24) is 5.32 Å². The summed E-state index contributed by atoms with van der Waals surface area (Å²) in [6.45, 7) is 2.80. The Hall–Kier alpha value is -3.29. The number of rotatable bonds is 4.